The molecule has 1 amide bonds. The molecular weight excluding hydrogens is 336 g/mol. The van der Waals surface area contributed by atoms with Crippen LogP contribution >= 0.6 is 0 Å². The van der Waals surface area contributed by atoms with Crippen molar-refractivity contribution in [1.82, 2.24) is 20.2 Å². The van der Waals surface area contributed by atoms with Gasteiger partial charge in [0.2, 0.25) is 0 Å². The zero-order chi connectivity index (χ0) is 19.1. The highest BCUT2D eigenvalue weighted by Gasteiger charge is 2.07. The molecule has 142 valence electrons. The van der Waals surface area contributed by atoms with Crippen molar-refractivity contribution >= 4 is 16.9 Å². The lowest BCUT2D eigenvalue weighted by atomic mass is 10.1. The van der Waals surface area contributed by atoms with E-state index in [4.69, 9.17) is 0 Å². The maximum atomic E-state index is 12.3. The van der Waals surface area contributed by atoms with Crippen LogP contribution in [0.5, 0.6) is 0 Å². The quantitative estimate of drug-likeness (QED) is 0.570. The molecule has 0 radical (unpaired) electrons. The van der Waals surface area contributed by atoms with Crippen LogP contribution in [0.4, 0.5) is 0 Å². The average Bonchev–Trinajstić information content (AvgIpc) is 3.11. The first-order valence-electron chi connectivity index (χ1n) is 9.72. The van der Waals surface area contributed by atoms with Gasteiger partial charge in [-0.2, -0.15) is 0 Å². The molecule has 0 saturated heterocycles. The van der Waals surface area contributed by atoms with Crippen LogP contribution in [0, 0.1) is 0 Å². The van der Waals surface area contributed by atoms with Crippen LogP contribution in [-0.2, 0) is 6.42 Å². The molecule has 5 heteroatoms. The topological polar surface area (TPSA) is 61.0 Å². The largest absolute Gasteiger partial charge is 0.352 e. The zero-order valence-corrected chi connectivity index (χ0v) is 16.2. The van der Waals surface area contributed by atoms with Crippen molar-refractivity contribution in [3.8, 4) is 0 Å². The summed E-state index contributed by atoms with van der Waals surface area (Å²) in [6.07, 6.45) is 1.69. The number of carbonyl (C=O) groups excluding carboxylic acids is 1. The molecule has 2 N–H and O–H groups in total. The first-order chi connectivity index (χ1) is 13.2. The van der Waals surface area contributed by atoms with Gasteiger partial charge < -0.3 is 15.2 Å². The number of hydrogen-bond donors (Lipinski definition) is 2. The molecule has 1 aromatic heterocycles. The fourth-order valence-corrected chi connectivity index (χ4v) is 3.20. The van der Waals surface area contributed by atoms with Gasteiger partial charge in [0.05, 0.1) is 11.0 Å². The molecule has 0 spiro atoms. The number of para-hydroxylation sites is 2. The van der Waals surface area contributed by atoms with Gasteiger partial charge in [0.1, 0.15) is 5.82 Å². The number of imidazole rings is 1. The van der Waals surface area contributed by atoms with E-state index in [0.717, 1.165) is 54.9 Å². The predicted octanol–water partition coefficient (Wildman–Crippen LogP) is 3.62. The van der Waals surface area contributed by atoms with Gasteiger partial charge in [0, 0.05) is 18.5 Å². The van der Waals surface area contributed by atoms with E-state index < -0.39 is 0 Å². The average molecular weight is 364 g/mol. The van der Waals surface area contributed by atoms with Crippen LogP contribution < -0.4 is 5.32 Å². The highest BCUT2D eigenvalue weighted by Crippen LogP contribution is 2.14. The Labute approximate surface area is 160 Å². The molecule has 1 heterocycles. The Hall–Kier alpha value is -2.66. The van der Waals surface area contributed by atoms with E-state index in [-0.39, 0.29) is 5.91 Å². The third-order valence-electron chi connectivity index (χ3n) is 4.86. The predicted molar refractivity (Wildman–Crippen MR) is 110 cm³/mol. The maximum Gasteiger partial charge on any atom is 0.251 e. The highest BCUT2D eigenvalue weighted by atomic mass is 16.1. The number of amides is 1. The molecule has 0 aliphatic heterocycles. The Morgan fingerprint density at radius 3 is 2.52 bits per heavy atom. The lowest BCUT2D eigenvalue weighted by molar-refractivity contribution is 0.0952. The van der Waals surface area contributed by atoms with Crippen molar-refractivity contribution in [2.24, 2.45) is 0 Å². The molecule has 3 aromatic rings. The fourth-order valence-electron chi connectivity index (χ4n) is 3.20. The van der Waals surface area contributed by atoms with Crippen LogP contribution in [0.2, 0.25) is 0 Å². The Bertz CT molecular complexity index is 832. The summed E-state index contributed by atoms with van der Waals surface area (Å²) < 4.78 is 0. The molecule has 3 rings (SSSR count). The standard InChI is InChI=1S/C22H28N4O/c1-3-26(4-2)15-7-14-23-22(27)18-12-10-17(11-13-18)16-21-24-19-8-5-6-9-20(19)25-21/h5-6,8-13H,3-4,7,14-16H2,1-2H3,(H,23,27)(H,24,25). The van der Waals surface area contributed by atoms with Gasteiger partial charge in [-0.05, 0) is 55.9 Å². The monoisotopic (exact) mass is 364 g/mol. The van der Waals surface area contributed by atoms with Gasteiger partial charge in [-0.1, -0.05) is 38.1 Å². The third-order valence-corrected chi connectivity index (χ3v) is 4.86. The molecule has 2 aromatic carbocycles. The van der Waals surface area contributed by atoms with Gasteiger partial charge >= 0.3 is 0 Å². The Balaban J connectivity index is 1.51. The van der Waals surface area contributed by atoms with Gasteiger partial charge in [-0.25, -0.2) is 4.98 Å². The molecule has 0 atom stereocenters. The summed E-state index contributed by atoms with van der Waals surface area (Å²) in [5, 5.41) is 3.01. The van der Waals surface area contributed by atoms with Crippen molar-refractivity contribution < 1.29 is 4.79 Å². The van der Waals surface area contributed by atoms with Gasteiger partial charge in [-0.15, -0.1) is 0 Å². The summed E-state index contributed by atoms with van der Waals surface area (Å²) in [5.41, 5.74) is 3.86. The minimum Gasteiger partial charge on any atom is -0.352 e. The summed E-state index contributed by atoms with van der Waals surface area (Å²) in [5.74, 6) is 0.926. The first kappa shape index (κ1) is 19.1. The van der Waals surface area contributed by atoms with Crippen molar-refractivity contribution in [3.05, 3.63) is 65.5 Å². The van der Waals surface area contributed by atoms with Crippen molar-refractivity contribution in [3.63, 3.8) is 0 Å². The molecule has 0 bridgehead atoms. The summed E-state index contributed by atoms with van der Waals surface area (Å²) in [6.45, 7) is 8.15. The SMILES string of the molecule is CCN(CC)CCCNC(=O)c1ccc(Cc2nc3ccccc3[nH]2)cc1. The van der Waals surface area contributed by atoms with Crippen LogP contribution in [0.15, 0.2) is 48.5 Å². The van der Waals surface area contributed by atoms with Crippen molar-refractivity contribution in [2.75, 3.05) is 26.2 Å². The normalized spacial score (nSPS) is 11.2. The molecular formula is C22H28N4O. The van der Waals surface area contributed by atoms with Crippen LogP contribution in [0.25, 0.3) is 11.0 Å². The summed E-state index contributed by atoms with van der Waals surface area (Å²) in [4.78, 5) is 22.6. The second kappa shape index (κ2) is 9.33. The first-order valence-corrected chi connectivity index (χ1v) is 9.72. The molecule has 0 aliphatic rings. The van der Waals surface area contributed by atoms with Crippen molar-refractivity contribution in [2.45, 2.75) is 26.7 Å². The lowest BCUT2D eigenvalue weighted by Crippen LogP contribution is -2.29. The van der Waals surface area contributed by atoms with Gasteiger partial charge in [-0.3, -0.25) is 4.79 Å². The Kier molecular flexibility index (Phi) is 6.60. The molecule has 27 heavy (non-hydrogen) atoms. The molecule has 0 fully saturated rings. The number of benzene rings is 2. The van der Waals surface area contributed by atoms with E-state index in [0.29, 0.717) is 12.1 Å². The maximum absolute atomic E-state index is 12.3. The molecule has 0 aliphatic carbocycles. The zero-order valence-electron chi connectivity index (χ0n) is 16.2. The van der Waals surface area contributed by atoms with Crippen LogP contribution in [0.3, 0.4) is 0 Å². The van der Waals surface area contributed by atoms with E-state index in [2.05, 4.69) is 34.0 Å². The summed E-state index contributed by atoms with van der Waals surface area (Å²) in [6, 6.07) is 15.8. The molecule has 0 saturated carbocycles. The molecule has 0 unspecified atom stereocenters. The van der Waals surface area contributed by atoms with E-state index in [1.165, 1.54) is 0 Å². The van der Waals surface area contributed by atoms with Gasteiger partial charge in [0.25, 0.3) is 5.91 Å². The van der Waals surface area contributed by atoms with Crippen LogP contribution in [0.1, 0.15) is 42.0 Å². The number of hydrogen-bond acceptors (Lipinski definition) is 3. The number of carbonyl (C=O) groups is 1. The van der Waals surface area contributed by atoms with E-state index in [1.54, 1.807) is 0 Å². The number of fused-ring (bicyclic) bond motifs is 1. The van der Waals surface area contributed by atoms with Crippen molar-refractivity contribution in [1.29, 1.82) is 0 Å². The van der Waals surface area contributed by atoms with E-state index in [9.17, 15) is 4.79 Å². The number of aromatic amines is 1. The van der Waals surface area contributed by atoms with Crippen LogP contribution in [-0.4, -0.2) is 47.0 Å². The van der Waals surface area contributed by atoms with E-state index in [1.807, 2.05) is 48.5 Å². The summed E-state index contributed by atoms with van der Waals surface area (Å²) >= 11 is 0. The lowest BCUT2D eigenvalue weighted by Gasteiger charge is -2.17. The molecule has 5 nitrogen and oxygen atoms in total. The van der Waals surface area contributed by atoms with Gasteiger partial charge in [0.15, 0.2) is 0 Å². The fraction of sp³-hybridized carbons (Fsp3) is 0.364. The number of rotatable bonds is 9. The Morgan fingerprint density at radius 1 is 1.07 bits per heavy atom. The summed E-state index contributed by atoms with van der Waals surface area (Å²) in [7, 11) is 0. The number of H-pyrrole nitrogens is 1. The minimum atomic E-state index is -0.00941. The minimum absolute atomic E-state index is 0.00941. The number of nitrogens with zero attached hydrogens (tertiary/aromatic N) is 2. The third kappa shape index (κ3) is 5.17. The number of nitrogens with one attached hydrogen (secondary N) is 2. The number of aromatic nitrogens is 2. The highest BCUT2D eigenvalue weighted by molar-refractivity contribution is 5.94. The smallest absolute Gasteiger partial charge is 0.251 e. The van der Waals surface area contributed by atoms with E-state index >= 15 is 0 Å². The second-order valence-electron chi connectivity index (χ2n) is 6.71. The Morgan fingerprint density at radius 2 is 1.81 bits per heavy atom. The second-order valence-corrected chi connectivity index (χ2v) is 6.71.